The normalized spacial score (nSPS) is 22.2. The minimum atomic E-state index is -4.56. The van der Waals surface area contributed by atoms with Gasteiger partial charge in [0.05, 0.1) is 28.1 Å². The van der Waals surface area contributed by atoms with Gasteiger partial charge in [-0.2, -0.15) is 29.8 Å². The van der Waals surface area contributed by atoms with Crippen molar-refractivity contribution in [2.75, 3.05) is 23.1 Å². The molecule has 0 bridgehead atoms. The lowest BCUT2D eigenvalue weighted by molar-refractivity contribution is -0.432. The van der Waals surface area contributed by atoms with Gasteiger partial charge in [0.15, 0.2) is 5.71 Å². The van der Waals surface area contributed by atoms with Crippen molar-refractivity contribution >= 4 is 59.5 Å². The number of rotatable bonds is 15. The molecule has 2 aliphatic rings. The molecule has 0 saturated heterocycles. The van der Waals surface area contributed by atoms with Gasteiger partial charge in [-0.3, -0.25) is 13.7 Å². The first-order valence-electron chi connectivity index (χ1n) is 14.9. The zero-order chi connectivity index (χ0) is 35.7. The standard InChI is InChI=1S/C30H38N2O12S4/c1-5-29(3)23-18-21(45-44-43-33)12-14-25(23)31(16-7-8-17-46(34,35)36)27(29)10-9-11-28-30(4,6-2)24-19-22(48(40,41)42)13-15-26(24)32(28)20-47(37,38)39/h9-15,18-19H,5-8,16-17,20H2,1-4H3,(H3-,33,34,35,36,37,38,39,40,41,42)/p+1. The van der Waals surface area contributed by atoms with Crippen LogP contribution in [0, 0.1) is 0 Å². The Morgan fingerprint density at radius 2 is 1.58 bits per heavy atom. The minimum absolute atomic E-state index is 0.216. The Morgan fingerprint density at radius 3 is 2.17 bits per heavy atom. The van der Waals surface area contributed by atoms with E-state index >= 15 is 0 Å². The predicted octanol–water partition coefficient (Wildman–Crippen LogP) is 5.27. The third-order valence-electron chi connectivity index (χ3n) is 9.13. The van der Waals surface area contributed by atoms with E-state index < -0.39 is 47.1 Å². The summed E-state index contributed by atoms with van der Waals surface area (Å²) in [6, 6.07) is 9.42. The number of nitrogens with zero attached hydrogens (tertiary/aromatic N) is 2. The lowest BCUT2D eigenvalue weighted by atomic mass is 9.77. The SMILES string of the molecule is CCC1(C)C(C=C/C=C2/N(CCCCS(=O)(=O)O)c3ccc(SOOO)cc3C2(C)CC)=[N+](CS(=O)(=O)O)c2ccc(S(=O)(=O)O)cc21. The van der Waals surface area contributed by atoms with E-state index in [-0.39, 0.29) is 17.1 Å². The van der Waals surface area contributed by atoms with Gasteiger partial charge in [0.1, 0.15) is 0 Å². The van der Waals surface area contributed by atoms with Crippen molar-refractivity contribution < 1.29 is 58.1 Å². The maximum absolute atomic E-state index is 12.2. The average molecular weight is 748 g/mol. The predicted molar refractivity (Wildman–Crippen MR) is 180 cm³/mol. The Balaban J connectivity index is 1.84. The highest BCUT2D eigenvalue weighted by atomic mass is 32.2. The van der Waals surface area contributed by atoms with Crippen molar-refractivity contribution in [2.24, 2.45) is 0 Å². The highest BCUT2D eigenvalue weighted by molar-refractivity contribution is 7.94. The Hall–Kier alpha value is -2.65. The van der Waals surface area contributed by atoms with Crippen LogP contribution in [0.15, 0.2) is 70.1 Å². The van der Waals surface area contributed by atoms with Crippen molar-refractivity contribution in [3.05, 3.63) is 71.5 Å². The summed E-state index contributed by atoms with van der Waals surface area (Å²) in [5.74, 6) is -1.18. The second-order valence-corrected chi connectivity index (χ2v) is 17.2. The molecule has 4 rings (SSSR count). The van der Waals surface area contributed by atoms with E-state index in [4.69, 9.17) is 5.26 Å². The van der Waals surface area contributed by atoms with Crippen LogP contribution < -0.4 is 4.90 Å². The van der Waals surface area contributed by atoms with Gasteiger partial charge >= 0.3 is 10.1 Å². The number of fused-ring (bicyclic) bond motifs is 2. The molecule has 0 amide bonds. The van der Waals surface area contributed by atoms with E-state index in [0.717, 1.165) is 29.0 Å². The van der Waals surface area contributed by atoms with Crippen LogP contribution in [0.1, 0.15) is 64.5 Å². The molecular formula is C30H39N2O12S4+. The summed E-state index contributed by atoms with van der Waals surface area (Å²) in [6.45, 7) is 8.12. The van der Waals surface area contributed by atoms with Crippen molar-refractivity contribution in [1.29, 1.82) is 0 Å². The second-order valence-electron chi connectivity index (χ2n) is 12.0. The average Bonchev–Trinajstić information content (AvgIpc) is 3.37. The Kier molecular flexibility index (Phi) is 11.4. The fraction of sp³-hybridized carbons (Fsp3) is 0.433. The molecular weight excluding hydrogens is 709 g/mol. The van der Waals surface area contributed by atoms with E-state index in [0.29, 0.717) is 47.7 Å². The largest absolute Gasteiger partial charge is 0.344 e. The highest BCUT2D eigenvalue weighted by Gasteiger charge is 2.48. The molecule has 14 nitrogen and oxygen atoms in total. The van der Waals surface area contributed by atoms with Gasteiger partial charge in [-0.15, -0.1) is 4.33 Å². The van der Waals surface area contributed by atoms with Crippen LogP contribution in [0.3, 0.4) is 0 Å². The molecule has 4 N–H and O–H groups in total. The number of benzene rings is 2. The molecule has 264 valence electrons. The van der Waals surface area contributed by atoms with Crippen LogP contribution in [0.4, 0.5) is 11.4 Å². The van der Waals surface area contributed by atoms with E-state index in [2.05, 4.69) is 9.37 Å². The van der Waals surface area contributed by atoms with Gasteiger partial charge in [0.2, 0.25) is 5.69 Å². The lowest BCUT2D eigenvalue weighted by Crippen LogP contribution is -2.32. The molecule has 0 saturated carbocycles. The smallest absolute Gasteiger partial charge is 0.326 e. The molecule has 0 radical (unpaired) electrons. The van der Waals surface area contributed by atoms with E-state index in [1.165, 1.54) is 22.8 Å². The third-order valence-corrected chi connectivity index (χ3v) is 11.9. The molecule has 0 spiro atoms. The Morgan fingerprint density at radius 1 is 0.896 bits per heavy atom. The van der Waals surface area contributed by atoms with Crippen molar-refractivity contribution in [1.82, 2.24) is 0 Å². The fourth-order valence-corrected chi connectivity index (χ4v) is 8.48. The zero-order valence-corrected chi connectivity index (χ0v) is 30.0. The maximum atomic E-state index is 12.2. The highest BCUT2D eigenvalue weighted by Crippen LogP contribution is 2.51. The van der Waals surface area contributed by atoms with Gasteiger partial charge in [-0.25, -0.2) is 5.26 Å². The summed E-state index contributed by atoms with van der Waals surface area (Å²) < 4.78 is 106. The monoisotopic (exact) mass is 747 g/mol. The number of hydrogen-bond acceptors (Lipinski definition) is 11. The van der Waals surface area contributed by atoms with Crippen LogP contribution in [-0.2, 0) is 50.6 Å². The van der Waals surface area contributed by atoms with Gasteiger partial charge in [0.25, 0.3) is 26.1 Å². The summed E-state index contributed by atoms with van der Waals surface area (Å²) in [7, 11) is -13.2. The minimum Gasteiger partial charge on any atom is -0.344 e. The van der Waals surface area contributed by atoms with E-state index in [9.17, 15) is 38.9 Å². The third kappa shape index (κ3) is 8.04. The van der Waals surface area contributed by atoms with E-state index in [1.54, 1.807) is 18.2 Å². The Labute approximate surface area is 285 Å². The molecule has 48 heavy (non-hydrogen) atoms. The summed E-state index contributed by atoms with van der Waals surface area (Å²) >= 11 is 0.812. The fourth-order valence-electron chi connectivity index (χ4n) is 6.40. The van der Waals surface area contributed by atoms with Crippen molar-refractivity contribution in [3.63, 3.8) is 0 Å². The van der Waals surface area contributed by atoms with Crippen LogP contribution in [-0.4, -0.2) is 72.6 Å². The topological polar surface area (TPSA) is 208 Å². The van der Waals surface area contributed by atoms with Crippen LogP contribution >= 0.6 is 12.0 Å². The molecule has 0 fully saturated rings. The lowest BCUT2D eigenvalue weighted by Gasteiger charge is -2.29. The van der Waals surface area contributed by atoms with Crippen molar-refractivity contribution in [2.45, 2.75) is 74.0 Å². The van der Waals surface area contributed by atoms with Gasteiger partial charge in [-0.1, -0.05) is 25.0 Å². The molecule has 2 aliphatic heterocycles. The molecule has 0 aromatic heterocycles. The quantitative estimate of drug-likeness (QED) is 0.0457. The zero-order valence-electron chi connectivity index (χ0n) is 26.7. The molecule has 2 aromatic carbocycles. The van der Waals surface area contributed by atoms with Gasteiger partial charge < -0.3 is 4.90 Å². The van der Waals surface area contributed by atoms with Gasteiger partial charge in [-0.05, 0) is 81.5 Å². The summed E-state index contributed by atoms with van der Waals surface area (Å²) in [6.07, 6.45) is 7.00. The first-order chi connectivity index (χ1) is 22.3. The number of allylic oxidation sites excluding steroid dienone is 4. The van der Waals surface area contributed by atoms with Crippen LogP contribution in [0.5, 0.6) is 0 Å². The summed E-state index contributed by atoms with van der Waals surface area (Å²) in [4.78, 5) is 2.35. The van der Waals surface area contributed by atoms with Crippen LogP contribution in [0.25, 0.3) is 0 Å². The molecule has 2 aromatic rings. The number of unbranched alkanes of at least 4 members (excludes halogenated alkanes) is 1. The Bertz CT molecular complexity index is 1990. The molecule has 2 unspecified atom stereocenters. The number of anilines is 1. The molecule has 2 heterocycles. The second kappa shape index (κ2) is 14.3. The molecule has 2 atom stereocenters. The maximum Gasteiger partial charge on any atom is 0.326 e. The summed E-state index contributed by atoms with van der Waals surface area (Å²) in [5, 5.41) is 12.4. The van der Waals surface area contributed by atoms with Crippen molar-refractivity contribution in [3.8, 4) is 0 Å². The first-order valence-corrected chi connectivity index (χ1v) is 20.3. The van der Waals surface area contributed by atoms with Crippen LogP contribution in [0.2, 0.25) is 0 Å². The van der Waals surface area contributed by atoms with Gasteiger partial charge in [0, 0.05) is 45.9 Å². The first kappa shape index (κ1) is 38.2. The summed E-state index contributed by atoms with van der Waals surface area (Å²) in [5.41, 5.74) is 2.42. The number of hydrogen-bond donors (Lipinski definition) is 4. The molecule has 18 heteroatoms. The molecule has 0 aliphatic carbocycles. The van der Waals surface area contributed by atoms with E-state index in [1.807, 2.05) is 50.8 Å².